The Labute approximate surface area is 182 Å². The number of nitroso groups, excluding NO2 is 1. The van der Waals surface area contributed by atoms with E-state index in [1.807, 2.05) is 0 Å². The Hall–Kier alpha value is -2.56. The van der Waals surface area contributed by atoms with Crippen LogP contribution in [0.5, 0.6) is 0 Å². The van der Waals surface area contributed by atoms with Crippen molar-refractivity contribution in [2.45, 2.75) is 43.2 Å². The number of hydrogen-bond donors (Lipinski definition) is 0. The van der Waals surface area contributed by atoms with Crippen molar-refractivity contribution in [2.24, 2.45) is 10.3 Å². The Kier molecular flexibility index (Phi) is 7.88. The van der Waals surface area contributed by atoms with E-state index in [2.05, 4.69) is 19.8 Å². The number of hydrogen-bond acceptors (Lipinski definition) is 7. The number of halogens is 10. The van der Waals surface area contributed by atoms with Gasteiger partial charge in [0, 0.05) is 4.90 Å². The van der Waals surface area contributed by atoms with Crippen LogP contribution in [0.2, 0.25) is 0 Å². The third kappa shape index (κ3) is 7.48. The molecule has 0 bridgehead atoms. The maximum atomic E-state index is 14.5. The average Bonchev–Trinajstić information content (AvgIpc) is 3.00. The normalized spacial score (nSPS) is 17.4. The van der Waals surface area contributed by atoms with Crippen molar-refractivity contribution < 1.29 is 53.4 Å². The second-order valence-electron chi connectivity index (χ2n) is 6.22. The Bertz CT molecular complexity index is 949. The zero-order valence-corrected chi connectivity index (χ0v) is 16.8. The van der Waals surface area contributed by atoms with E-state index in [1.54, 1.807) is 0 Å². The van der Waals surface area contributed by atoms with Gasteiger partial charge in [-0.3, -0.25) is 0 Å². The monoisotopic (exact) mass is 515 g/mol. The van der Waals surface area contributed by atoms with Gasteiger partial charge in [-0.25, -0.2) is 18.5 Å². The van der Waals surface area contributed by atoms with Gasteiger partial charge >= 0.3 is 25.0 Å². The zero-order chi connectivity index (χ0) is 25.2. The van der Waals surface area contributed by atoms with Gasteiger partial charge in [0.2, 0.25) is 5.90 Å². The lowest BCUT2D eigenvalue weighted by molar-refractivity contribution is -0.413. The predicted octanol–water partition coefficient (Wildman–Crippen LogP) is 6.36. The highest BCUT2D eigenvalue weighted by molar-refractivity contribution is 7.99. The first-order valence-electron chi connectivity index (χ1n) is 8.36. The van der Waals surface area contributed by atoms with Gasteiger partial charge in [-0.15, -0.1) is 34.9 Å². The zero-order valence-electron chi connectivity index (χ0n) is 16.0. The third-order valence-corrected chi connectivity index (χ3v) is 4.86. The summed E-state index contributed by atoms with van der Waals surface area (Å²) in [5.41, 5.74) is -0.983. The average molecular weight is 515 g/mol. The van der Waals surface area contributed by atoms with Crippen LogP contribution in [0, 0.1) is 17.6 Å². The summed E-state index contributed by atoms with van der Waals surface area (Å²) in [6.07, 6.45) is -20.3. The summed E-state index contributed by atoms with van der Waals surface area (Å²) in [7, 11) is 0. The standard InChI is InChI=1S/C16H11F10N3O3S/c1-7-2-9(17)10(4-11(7)33-6-14(19,20)21)29-8(5-27-30)3-12(28-29)31-15(22,23)13(18)32-16(24,25)26/h2,4-5,13H,3,6H2,1H3. The molecule has 1 heterocycles. The van der Waals surface area contributed by atoms with Crippen molar-refractivity contribution in [2.75, 3.05) is 10.8 Å². The molecule has 1 aromatic rings. The Morgan fingerprint density at radius 1 is 1.21 bits per heavy atom. The van der Waals surface area contributed by atoms with E-state index >= 15 is 0 Å². The smallest absolute Gasteiger partial charge is 0.413 e. The minimum atomic E-state index is -5.77. The maximum Gasteiger partial charge on any atom is 0.525 e. The summed E-state index contributed by atoms with van der Waals surface area (Å²) in [5.74, 6) is -3.62. The summed E-state index contributed by atoms with van der Waals surface area (Å²) in [6, 6.07) is 1.67. The molecule has 1 aliphatic heterocycles. The van der Waals surface area contributed by atoms with Gasteiger partial charge in [0.25, 0.3) is 0 Å². The molecule has 0 aromatic heterocycles. The fourth-order valence-electron chi connectivity index (χ4n) is 2.38. The van der Waals surface area contributed by atoms with Crippen molar-refractivity contribution in [3.63, 3.8) is 0 Å². The minimum Gasteiger partial charge on any atom is -0.413 e. The van der Waals surface area contributed by atoms with Crippen molar-refractivity contribution in [3.8, 4) is 0 Å². The summed E-state index contributed by atoms with van der Waals surface area (Å²) >= 11 is 0.275. The van der Waals surface area contributed by atoms with Crippen LogP contribution >= 0.6 is 11.8 Å². The van der Waals surface area contributed by atoms with E-state index in [9.17, 15) is 48.8 Å². The van der Waals surface area contributed by atoms with Crippen molar-refractivity contribution in [3.05, 3.63) is 40.3 Å². The molecular formula is C16H11F10N3O3S. The number of thioether (sulfide) groups is 1. The molecule has 0 spiro atoms. The van der Waals surface area contributed by atoms with E-state index in [0.29, 0.717) is 11.2 Å². The molecule has 0 aliphatic carbocycles. The first-order valence-corrected chi connectivity index (χ1v) is 9.35. The molecule has 0 amide bonds. The summed E-state index contributed by atoms with van der Waals surface area (Å²) < 4.78 is 135. The van der Waals surface area contributed by atoms with Crippen LogP contribution in [0.1, 0.15) is 12.0 Å². The number of benzene rings is 1. The number of hydrazone groups is 1. The van der Waals surface area contributed by atoms with Gasteiger partial charge in [0.05, 0.1) is 24.1 Å². The number of nitrogens with zero attached hydrogens (tertiary/aromatic N) is 3. The van der Waals surface area contributed by atoms with E-state index in [4.69, 9.17) is 0 Å². The van der Waals surface area contributed by atoms with Gasteiger partial charge in [0.15, 0.2) is 0 Å². The van der Waals surface area contributed by atoms with E-state index in [0.717, 1.165) is 12.1 Å². The summed E-state index contributed by atoms with van der Waals surface area (Å²) in [5, 5.41) is 6.18. The fraction of sp³-hybridized carbons (Fsp3) is 0.438. The van der Waals surface area contributed by atoms with E-state index in [1.165, 1.54) is 6.92 Å². The SMILES string of the molecule is Cc1cc(F)c(N2N=C(OC(F)(F)C(F)OC(F)(F)F)CC2=CN=O)cc1SCC(F)(F)F. The fourth-order valence-corrected chi connectivity index (χ4v) is 3.18. The van der Waals surface area contributed by atoms with Crippen LogP contribution in [-0.4, -0.2) is 36.7 Å². The Balaban J connectivity index is 2.36. The third-order valence-electron chi connectivity index (χ3n) is 3.64. The van der Waals surface area contributed by atoms with Gasteiger partial charge in [0.1, 0.15) is 11.5 Å². The minimum absolute atomic E-state index is 0.0836. The second-order valence-corrected chi connectivity index (χ2v) is 7.24. The quantitative estimate of drug-likeness (QED) is 0.240. The predicted molar refractivity (Wildman–Crippen MR) is 94.4 cm³/mol. The molecule has 33 heavy (non-hydrogen) atoms. The molecule has 0 fully saturated rings. The topological polar surface area (TPSA) is 63.5 Å². The molecule has 6 nitrogen and oxygen atoms in total. The molecule has 1 unspecified atom stereocenters. The van der Waals surface area contributed by atoms with Crippen molar-refractivity contribution >= 4 is 23.3 Å². The number of anilines is 1. The van der Waals surface area contributed by atoms with Gasteiger partial charge in [-0.1, -0.05) is 0 Å². The van der Waals surface area contributed by atoms with Crippen molar-refractivity contribution in [1.82, 2.24) is 0 Å². The first-order chi connectivity index (χ1) is 15.0. The molecule has 0 saturated carbocycles. The van der Waals surface area contributed by atoms with Crippen LogP contribution in [0.4, 0.5) is 49.6 Å². The highest BCUT2D eigenvalue weighted by Gasteiger charge is 2.51. The molecule has 0 saturated heterocycles. The lowest BCUT2D eigenvalue weighted by atomic mass is 10.2. The van der Waals surface area contributed by atoms with Crippen LogP contribution in [0.3, 0.4) is 0 Å². The molecule has 1 aliphatic rings. The molecule has 1 aromatic carbocycles. The second kappa shape index (κ2) is 9.74. The number of rotatable bonds is 7. The first kappa shape index (κ1) is 26.7. The molecule has 0 N–H and O–H groups in total. The van der Waals surface area contributed by atoms with Crippen LogP contribution < -0.4 is 5.01 Å². The Morgan fingerprint density at radius 3 is 2.39 bits per heavy atom. The lowest BCUT2D eigenvalue weighted by Crippen LogP contribution is -2.40. The van der Waals surface area contributed by atoms with E-state index < -0.39 is 60.3 Å². The Morgan fingerprint density at radius 2 is 1.85 bits per heavy atom. The number of ether oxygens (including phenoxy) is 2. The summed E-state index contributed by atoms with van der Waals surface area (Å²) in [6.45, 7) is 1.29. The van der Waals surface area contributed by atoms with Crippen LogP contribution in [-0.2, 0) is 9.47 Å². The molecule has 17 heteroatoms. The van der Waals surface area contributed by atoms with Crippen LogP contribution in [0.15, 0.2) is 39.2 Å². The number of aryl methyl sites for hydroxylation is 1. The lowest BCUT2D eigenvalue weighted by Gasteiger charge is -2.21. The largest absolute Gasteiger partial charge is 0.525 e. The molecule has 2 rings (SSSR count). The van der Waals surface area contributed by atoms with Gasteiger partial charge in [-0.2, -0.15) is 22.0 Å². The van der Waals surface area contributed by atoms with Gasteiger partial charge in [-0.05, 0) is 29.8 Å². The molecule has 1 atom stereocenters. The highest BCUT2D eigenvalue weighted by atomic mass is 32.2. The van der Waals surface area contributed by atoms with Crippen molar-refractivity contribution in [1.29, 1.82) is 0 Å². The molecule has 184 valence electrons. The maximum absolute atomic E-state index is 14.5. The summed E-state index contributed by atoms with van der Waals surface area (Å²) in [4.78, 5) is 10.5. The van der Waals surface area contributed by atoms with Gasteiger partial charge < -0.3 is 4.74 Å². The van der Waals surface area contributed by atoms with Crippen LogP contribution in [0.25, 0.3) is 0 Å². The molecular weight excluding hydrogens is 504 g/mol. The van der Waals surface area contributed by atoms with E-state index in [-0.39, 0.29) is 22.2 Å². The molecule has 0 radical (unpaired) electrons. The highest BCUT2D eigenvalue weighted by Crippen LogP contribution is 2.38. The number of alkyl halides is 9.